The van der Waals surface area contributed by atoms with E-state index in [1.54, 1.807) is 12.1 Å². The van der Waals surface area contributed by atoms with Gasteiger partial charge in [-0.15, -0.1) is 11.3 Å². The van der Waals surface area contributed by atoms with Crippen LogP contribution in [0.4, 0.5) is 5.13 Å². The Kier molecular flexibility index (Phi) is 4.90. The lowest BCUT2D eigenvalue weighted by molar-refractivity contribution is -0.118. The summed E-state index contributed by atoms with van der Waals surface area (Å²) in [6, 6.07) is 16.6. The molecule has 2 aromatic carbocycles. The first-order valence-electron chi connectivity index (χ1n) is 6.90. The number of ether oxygens (including phenoxy) is 1. The summed E-state index contributed by atoms with van der Waals surface area (Å²) < 4.78 is 5.39. The van der Waals surface area contributed by atoms with E-state index in [9.17, 15) is 4.79 Å². The molecule has 3 aromatic rings. The highest BCUT2D eigenvalue weighted by Gasteiger charge is 2.08. The number of carbonyl (C=O) groups is 1. The van der Waals surface area contributed by atoms with Gasteiger partial charge in [-0.25, -0.2) is 4.98 Å². The largest absolute Gasteiger partial charge is 0.484 e. The van der Waals surface area contributed by atoms with Gasteiger partial charge in [0.2, 0.25) is 0 Å². The Morgan fingerprint density at radius 1 is 1.13 bits per heavy atom. The number of thiazole rings is 1. The normalized spacial score (nSPS) is 10.3. The predicted molar refractivity (Wildman–Crippen MR) is 93.1 cm³/mol. The molecule has 0 aliphatic rings. The molecular formula is C17H13ClN2O2S. The lowest BCUT2D eigenvalue weighted by atomic mass is 10.2. The van der Waals surface area contributed by atoms with Crippen LogP contribution in [-0.2, 0) is 4.79 Å². The van der Waals surface area contributed by atoms with Crippen LogP contribution in [0.3, 0.4) is 0 Å². The van der Waals surface area contributed by atoms with E-state index >= 15 is 0 Å². The number of carbonyl (C=O) groups excluding carboxylic acids is 1. The molecule has 0 saturated heterocycles. The van der Waals surface area contributed by atoms with Crippen molar-refractivity contribution >= 4 is 34.0 Å². The number of para-hydroxylation sites is 1. The summed E-state index contributed by atoms with van der Waals surface area (Å²) in [6.07, 6.45) is 0. The molecule has 0 aliphatic heterocycles. The van der Waals surface area contributed by atoms with Crippen LogP contribution in [-0.4, -0.2) is 17.5 Å². The third kappa shape index (κ3) is 4.31. The first-order chi connectivity index (χ1) is 11.2. The zero-order chi connectivity index (χ0) is 16.1. The molecule has 0 unspecified atom stereocenters. The van der Waals surface area contributed by atoms with E-state index in [1.165, 1.54) is 11.3 Å². The summed E-state index contributed by atoms with van der Waals surface area (Å²) in [5.41, 5.74) is 1.75. The third-order valence-electron chi connectivity index (χ3n) is 3.00. The van der Waals surface area contributed by atoms with Crippen molar-refractivity contribution in [3.63, 3.8) is 0 Å². The fourth-order valence-electron chi connectivity index (χ4n) is 1.91. The van der Waals surface area contributed by atoms with Crippen molar-refractivity contribution in [1.29, 1.82) is 0 Å². The standard InChI is InChI=1S/C17H13ClN2O2S/c18-13-8-6-12(7-9-13)15-11-23-17(19-15)20-16(21)10-22-14-4-2-1-3-5-14/h1-9,11H,10H2,(H,19,20,21). The zero-order valence-corrected chi connectivity index (χ0v) is 13.6. The molecule has 0 atom stereocenters. The first-order valence-corrected chi connectivity index (χ1v) is 8.15. The average molecular weight is 345 g/mol. The summed E-state index contributed by atoms with van der Waals surface area (Å²) in [6.45, 7) is -0.0557. The number of benzene rings is 2. The third-order valence-corrected chi connectivity index (χ3v) is 4.01. The molecule has 1 amide bonds. The van der Waals surface area contributed by atoms with Crippen LogP contribution in [0.1, 0.15) is 0 Å². The highest BCUT2D eigenvalue weighted by Crippen LogP contribution is 2.25. The second kappa shape index (κ2) is 7.26. The van der Waals surface area contributed by atoms with Crippen molar-refractivity contribution < 1.29 is 9.53 Å². The highest BCUT2D eigenvalue weighted by atomic mass is 35.5. The van der Waals surface area contributed by atoms with Crippen molar-refractivity contribution in [3.05, 3.63) is 65.0 Å². The minimum absolute atomic E-state index is 0.0557. The van der Waals surface area contributed by atoms with Gasteiger partial charge in [-0.1, -0.05) is 41.9 Å². The van der Waals surface area contributed by atoms with Crippen molar-refractivity contribution in [1.82, 2.24) is 4.98 Å². The van der Waals surface area contributed by atoms with E-state index in [1.807, 2.05) is 47.8 Å². The molecule has 116 valence electrons. The van der Waals surface area contributed by atoms with E-state index in [-0.39, 0.29) is 12.5 Å². The minimum Gasteiger partial charge on any atom is -0.484 e. The number of nitrogens with zero attached hydrogens (tertiary/aromatic N) is 1. The van der Waals surface area contributed by atoms with Gasteiger partial charge >= 0.3 is 0 Å². The molecule has 0 saturated carbocycles. The molecule has 6 heteroatoms. The van der Waals surface area contributed by atoms with E-state index < -0.39 is 0 Å². The van der Waals surface area contributed by atoms with E-state index in [0.29, 0.717) is 15.9 Å². The van der Waals surface area contributed by atoms with Gasteiger partial charge in [0, 0.05) is 16.0 Å². The average Bonchev–Trinajstić information content (AvgIpc) is 3.03. The van der Waals surface area contributed by atoms with Crippen molar-refractivity contribution in [3.8, 4) is 17.0 Å². The molecule has 0 aliphatic carbocycles. The minimum atomic E-state index is -0.245. The Labute approximate surface area is 142 Å². The summed E-state index contributed by atoms with van der Waals surface area (Å²) in [5.74, 6) is 0.412. The van der Waals surface area contributed by atoms with Gasteiger partial charge in [-0.2, -0.15) is 0 Å². The van der Waals surface area contributed by atoms with Crippen LogP contribution in [0.25, 0.3) is 11.3 Å². The molecule has 23 heavy (non-hydrogen) atoms. The van der Waals surface area contributed by atoms with E-state index in [0.717, 1.165) is 11.3 Å². The number of rotatable bonds is 5. The number of halogens is 1. The van der Waals surface area contributed by atoms with Gasteiger partial charge in [0.15, 0.2) is 11.7 Å². The molecule has 1 heterocycles. The maximum atomic E-state index is 11.9. The van der Waals surface area contributed by atoms with Crippen molar-refractivity contribution in [2.75, 3.05) is 11.9 Å². The van der Waals surface area contributed by atoms with Crippen molar-refractivity contribution in [2.45, 2.75) is 0 Å². The fraction of sp³-hybridized carbons (Fsp3) is 0.0588. The van der Waals surface area contributed by atoms with Gasteiger partial charge < -0.3 is 4.74 Å². The van der Waals surface area contributed by atoms with Gasteiger partial charge in [0.25, 0.3) is 5.91 Å². The number of anilines is 1. The van der Waals surface area contributed by atoms with Crippen LogP contribution >= 0.6 is 22.9 Å². The van der Waals surface area contributed by atoms with Gasteiger partial charge in [0.05, 0.1) is 5.69 Å². The molecule has 1 N–H and O–H groups in total. The van der Waals surface area contributed by atoms with Crippen LogP contribution in [0, 0.1) is 0 Å². The van der Waals surface area contributed by atoms with Gasteiger partial charge in [-0.05, 0) is 24.3 Å². The maximum absolute atomic E-state index is 11.9. The Balaban J connectivity index is 1.58. The van der Waals surface area contributed by atoms with E-state index in [2.05, 4.69) is 10.3 Å². The number of hydrogen-bond acceptors (Lipinski definition) is 4. The van der Waals surface area contributed by atoms with Crippen molar-refractivity contribution in [2.24, 2.45) is 0 Å². The Bertz CT molecular complexity index is 788. The fourth-order valence-corrected chi connectivity index (χ4v) is 2.77. The quantitative estimate of drug-likeness (QED) is 0.742. The SMILES string of the molecule is O=C(COc1ccccc1)Nc1nc(-c2ccc(Cl)cc2)cs1. The van der Waals surface area contributed by atoms with Crippen LogP contribution in [0.2, 0.25) is 5.02 Å². The molecular weight excluding hydrogens is 332 g/mol. The topological polar surface area (TPSA) is 51.2 Å². The monoisotopic (exact) mass is 344 g/mol. The second-order valence-corrected chi connectivity index (χ2v) is 5.99. The number of nitrogens with one attached hydrogen (secondary N) is 1. The smallest absolute Gasteiger partial charge is 0.264 e. The molecule has 0 bridgehead atoms. The summed E-state index contributed by atoms with van der Waals surface area (Å²) >= 11 is 7.24. The Hall–Kier alpha value is -2.37. The molecule has 4 nitrogen and oxygen atoms in total. The summed E-state index contributed by atoms with van der Waals surface area (Å²) in [4.78, 5) is 16.3. The summed E-state index contributed by atoms with van der Waals surface area (Å²) in [7, 11) is 0. The molecule has 0 spiro atoms. The van der Waals surface area contributed by atoms with Crippen LogP contribution in [0.15, 0.2) is 60.0 Å². The predicted octanol–water partition coefficient (Wildman–Crippen LogP) is 4.48. The number of hydrogen-bond donors (Lipinski definition) is 1. The molecule has 1 aromatic heterocycles. The number of aromatic nitrogens is 1. The Morgan fingerprint density at radius 2 is 1.87 bits per heavy atom. The number of amides is 1. The molecule has 0 radical (unpaired) electrons. The molecule has 3 rings (SSSR count). The first kappa shape index (κ1) is 15.5. The van der Waals surface area contributed by atoms with Gasteiger partial charge in [-0.3, -0.25) is 10.1 Å². The zero-order valence-electron chi connectivity index (χ0n) is 12.0. The highest BCUT2D eigenvalue weighted by molar-refractivity contribution is 7.14. The second-order valence-electron chi connectivity index (χ2n) is 4.69. The summed E-state index contributed by atoms with van der Waals surface area (Å²) in [5, 5.41) is 5.83. The van der Waals surface area contributed by atoms with E-state index in [4.69, 9.17) is 16.3 Å². The lowest BCUT2D eigenvalue weighted by Crippen LogP contribution is -2.19. The lowest BCUT2D eigenvalue weighted by Gasteiger charge is -2.05. The molecule has 0 fully saturated rings. The van der Waals surface area contributed by atoms with Crippen LogP contribution < -0.4 is 10.1 Å². The Morgan fingerprint density at radius 3 is 2.61 bits per heavy atom. The van der Waals surface area contributed by atoms with Crippen LogP contribution in [0.5, 0.6) is 5.75 Å². The van der Waals surface area contributed by atoms with Gasteiger partial charge in [0.1, 0.15) is 5.75 Å². The maximum Gasteiger partial charge on any atom is 0.264 e.